The minimum atomic E-state index is -3.77. The predicted octanol–water partition coefficient (Wildman–Crippen LogP) is -3.15. The maximum atomic E-state index is 9.88. The number of phosphoric ester groups is 1. The van der Waals surface area contributed by atoms with Crippen molar-refractivity contribution in [3.63, 3.8) is 0 Å². The van der Waals surface area contributed by atoms with Gasteiger partial charge >= 0.3 is 18.9 Å². The zero-order valence-corrected chi connectivity index (χ0v) is 5.55. The van der Waals surface area contributed by atoms with E-state index in [2.05, 4.69) is 9.05 Å². The van der Waals surface area contributed by atoms with E-state index in [0.717, 1.165) is 0 Å². The molecule has 1 aliphatic heterocycles. The first kappa shape index (κ1) is 8.71. The second-order valence-electron chi connectivity index (χ2n) is 1.23. The Morgan fingerprint density at radius 2 is 2.00 bits per heavy atom. The molecule has 0 atom stereocenters. The molecule has 6 heteroatoms. The van der Waals surface area contributed by atoms with E-state index >= 15 is 0 Å². The van der Waals surface area contributed by atoms with Crippen LogP contribution >= 0.6 is 7.82 Å². The number of hydrogen-bond acceptors (Lipinski definition) is 4. The Hall–Kier alpha value is 0.707. The zero-order valence-electron chi connectivity index (χ0n) is 4.66. The molecule has 0 aromatic rings. The SMILES string of the molecule is CC1OP(=O)([O-])O1.[Li+]. The van der Waals surface area contributed by atoms with Gasteiger partial charge in [0.2, 0.25) is 0 Å². The fourth-order valence-corrected chi connectivity index (χ4v) is 1.11. The van der Waals surface area contributed by atoms with Gasteiger partial charge in [0, 0.05) is 0 Å². The van der Waals surface area contributed by atoms with E-state index in [1.54, 1.807) is 0 Å². The van der Waals surface area contributed by atoms with Crippen molar-refractivity contribution < 1.29 is 37.4 Å². The molecule has 0 amide bonds. The summed E-state index contributed by atoms with van der Waals surface area (Å²) in [7, 11) is -3.77. The standard InChI is InChI=1S/C2H5O4P.Li/c1-2-5-7(3,4)6-2;/h2H,1H3,(H,3,4);/q;+1/p-1. The van der Waals surface area contributed by atoms with Gasteiger partial charge in [-0.2, -0.15) is 0 Å². The summed E-state index contributed by atoms with van der Waals surface area (Å²) in [5, 5.41) is 0. The van der Waals surface area contributed by atoms with Crippen molar-refractivity contribution in [2.75, 3.05) is 0 Å². The maximum Gasteiger partial charge on any atom is 1.00 e. The molecule has 4 nitrogen and oxygen atoms in total. The fourth-order valence-electron chi connectivity index (χ4n) is 0.372. The van der Waals surface area contributed by atoms with Crippen molar-refractivity contribution in [3.05, 3.63) is 0 Å². The number of rotatable bonds is 0. The molecule has 1 fully saturated rings. The van der Waals surface area contributed by atoms with E-state index < -0.39 is 14.1 Å². The molecule has 1 rings (SSSR count). The van der Waals surface area contributed by atoms with Crippen LogP contribution in [0.15, 0.2) is 0 Å². The smallest absolute Gasteiger partial charge is 0.756 e. The van der Waals surface area contributed by atoms with Crippen molar-refractivity contribution in [1.82, 2.24) is 0 Å². The molecule has 1 saturated heterocycles. The second-order valence-corrected chi connectivity index (χ2v) is 2.54. The largest absolute Gasteiger partial charge is 1.00 e. The van der Waals surface area contributed by atoms with Crippen LogP contribution in [0.25, 0.3) is 0 Å². The second kappa shape index (κ2) is 2.53. The molecule has 1 aliphatic rings. The Morgan fingerprint density at radius 3 is 2.00 bits per heavy atom. The molecular formula is C2H4LiO4P. The van der Waals surface area contributed by atoms with Crippen LogP contribution in [0.4, 0.5) is 0 Å². The molecule has 1 heterocycles. The third-order valence-corrected chi connectivity index (χ3v) is 1.67. The van der Waals surface area contributed by atoms with E-state index in [9.17, 15) is 9.46 Å². The summed E-state index contributed by atoms with van der Waals surface area (Å²) in [4.78, 5) is 9.88. The van der Waals surface area contributed by atoms with Crippen LogP contribution in [0.2, 0.25) is 0 Å². The molecule has 0 aromatic carbocycles. The van der Waals surface area contributed by atoms with E-state index in [0.29, 0.717) is 0 Å². The zero-order chi connectivity index (χ0) is 5.49. The molecule has 8 heavy (non-hydrogen) atoms. The average molecular weight is 130 g/mol. The van der Waals surface area contributed by atoms with Crippen LogP contribution in [0, 0.1) is 0 Å². The van der Waals surface area contributed by atoms with Gasteiger partial charge in [0.1, 0.15) is 0 Å². The summed E-state index contributed by atoms with van der Waals surface area (Å²) in [5.41, 5.74) is 0. The Morgan fingerprint density at radius 1 is 1.62 bits per heavy atom. The summed E-state index contributed by atoms with van der Waals surface area (Å²) < 4.78 is 18.1. The molecule has 0 aliphatic carbocycles. The van der Waals surface area contributed by atoms with Gasteiger partial charge in [-0.3, -0.25) is 13.6 Å². The van der Waals surface area contributed by atoms with E-state index in [1.165, 1.54) is 6.92 Å². The predicted molar refractivity (Wildman–Crippen MR) is 19.2 cm³/mol. The van der Waals surface area contributed by atoms with Gasteiger partial charge < -0.3 is 4.89 Å². The van der Waals surface area contributed by atoms with Crippen molar-refractivity contribution >= 4 is 7.82 Å². The van der Waals surface area contributed by atoms with E-state index in [-0.39, 0.29) is 18.9 Å². The third-order valence-electron chi connectivity index (χ3n) is 0.555. The minimum Gasteiger partial charge on any atom is -0.756 e. The minimum absolute atomic E-state index is 0. The number of hydrogen-bond donors (Lipinski definition) is 0. The maximum absolute atomic E-state index is 9.88. The Labute approximate surface area is 59.0 Å². The van der Waals surface area contributed by atoms with Crippen molar-refractivity contribution in [1.29, 1.82) is 0 Å². The molecule has 0 saturated carbocycles. The van der Waals surface area contributed by atoms with Crippen molar-refractivity contribution in [2.24, 2.45) is 0 Å². The van der Waals surface area contributed by atoms with E-state index in [1.807, 2.05) is 0 Å². The quantitative estimate of drug-likeness (QED) is 0.256. The monoisotopic (exact) mass is 130 g/mol. The molecule has 42 valence electrons. The van der Waals surface area contributed by atoms with Gasteiger partial charge in [-0.25, -0.2) is 0 Å². The van der Waals surface area contributed by atoms with Crippen molar-refractivity contribution in [2.45, 2.75) is 13.2 Å². The molecule has 0 bridgehead atoms. The van der Waals surface area contributed by atoms with Crippen LogP contribution in [-0.4, -0.2) is 6.29 Å². The van der Waals surface area contributed by atoms with E-state index in [4.69, 9.17) is 0 Å². The number of phosphoric acid groups is 1. The van der Waals surface area contributed by atoms with Gasteiger partial charge in [0.25, 0.3) is 7.82 Å². The van der Waals surface area contributed by atoms with Crippen LogP contribution in [0.1, 0.15) is 6.92 Å². The van der Waals surface area contributed by atoms with Gasteiger partial charge in [-0.05, 0) is 6.92 Å². The summed E-state index contributed by atoms with van der Waals surface area (Å²) in [5.74, 6) is 0. The Balaban J connectivity index is 0.000000490. The van der Waals surface area contributed by atoms with Gasteiger partial charge in [-0.1, -0.05) is 0 Å². The van der Waals surface area contributed by atoms with Crippen molar-refractivity contribution in [3.8, 4) is 0 Å². The Bertz CT molecular complexity index is 115. The molecule has 0 N–H and O–H groups in total. The first-order valence-electron chi connectivity index (χ1n) is 1.78. The fraction of sp³-hybridized carbons (Fsp3) is 1.00. The topological polar surface area (TPSA) is 58.6 Å². The molecule has 0 aromatic heterocycles. The normalized spacial score (nSPS) is 44.5. The molecule has 0 radical (unpaired) electrons. The van der Waals surface area contributed by atoms with Crippen LogP contribution in [0.5, 0.6) is 0 Å². The third kappa shape index (κ3) is 1.91. The summed E-state index contributed by atoms with van der Waals surface area (Å²) in [6.45, 7) is 1.51. The molecule has 0 spiro atoms. The summed E-state index contributed by atoms with van der Waals surface area (Å²) >= 11 is 0. The first-order chi connectivity index (χ1) is 3.10. The van der Waals surface area contributed by atoms with Crippen LogP contribution in [-0.2, 0) is 13.6 Å². The van der Waals surface area contributed by atoms with Crippen LogP contribution < -0.4 is 23.8 Å². The van der Waals surface area contributed by atoms with Gasteiger partial charge in [0.05, 0.1) is 0 Å². The van der Waals surface area contributed by atoms with Gasteiger partial charge in [-0.15, -0.1) is 0 Å². The Kier molecular flexibility index (Phi) is 2.75. The summed E-state index contributed by atoms with van der Waals surface area (Å²) in [6, 6.07) is 0. The van der Waals surface area contributed by atoms with Gasteiger partial charge in [0.15, 0.2) is 6.29 Å². The average Bonchev–Trinajstić information content (AvgIpc) is 1.27. The summed E-state index contributed by atoms with van der Waals surface area (Å²) in [6.07, 6.45) is -0.566. The first-order valence-corrected chi connectivity index (χ1v) is 3.24. The van der Waals surface area contributed by atoms with Crippen LogP contribution in [0.3, 0.4) is 0 Å². The molecular weight excluding hydrogens is 126 g/mol. The molecule has 0 unspecified atom stereocenters.